The zero-order valence-electron chi connectivity index (χ0n) is 5.05. The van der Waals surface area contributed by atoms with Crippen LogP contribution in [-0.2, 0) is 0 Å². The molecule has 1 aromatic heterocycles. The third-order valence-electron chi connectivity index (χ3n) is 0.992. The van der Waals surface area contributed by atoms with Gasteiger partial charge in [0.1, 0.15) is 0 Å². The summed E-state index contributed by atoms with van der Waals surface area (Å²) in [4.78, 5) is 10.4. The maximum absolute atomic E-state index is 10.4. The fourth-order valence-corrected chi connectivity index (χ4v) is 0.522. The van der Waals surface area contributed by atoms with E-state index in [4.69, 9.17) is 5.73 Å². The number of hydrogen-bond donors (Lipinski definition) is 2. The van der Waals surface area contributed by atoms with Crippen LogP contribution in [0.15, 0.2) is 15.4 Å². The van der Waals surface area contributed by atoms with Crippen molar-refractivity contribution in [2.75, 3.05) is 0 Å². The van der Waals surface area contributed by atoms with E-state index in [0.717, 1.165) is 0 Å². The first-order chi connectivity index (χ1) is 4.20. The molecular formula is C5H8N2O2. The molecule has 50 valence electrons. The van der Waals surface area contributed by atoms with Crippen LogP contribution in [0.3, 0.4) is 0 Å². The largest absolute Gasteiger partial charge is 0.382 e. The highest BCUT2D eigenvalue weighted by molar-refractivity contribution is 4.97. The third-order valence-corrected chi connectivity index (χ3v) is 0.992. The van der Waals surface area contributed by atoms with Gasteiger partial charge in [-0.1, -0.05) is 0 Å². The first-order valence-corrected chi connectivity index (χ1v) is 2.64. The van der Waals surface area contributed by atoms with Crippen molar-refractivity contribution in [1.82, 2.24) is 5.16 Å². The van der Waals surface area contributed by atoms with Crippen molar-refractivity contribution in [3.8, 4) is 0 Å². The molecule has 0 aliphatic rings. The minimum Gasteiger partial charge on any atom is -0.382 e. The van der Waals surface area contributed by atoms with E-state index in [-0.39, 0.29) is 11.6 Å². The van der Waals surface area contributed by atoms with Crippen molar-refractivity contribution in [1.29, 1.82) is 0 Å². The van der Waals surface area contributed by atoms with Crippen LogP contribution in [-0.4, -0.2) is 5.16 Å². The second-order valence-electron chi connectivity index (χ2n) is 1.90. The predicted molar refractivity (Wildman–Crippen MR) is 31.9 cm³/mol. The maximum Gasteiger partial charge on any atom is 0.280 e. The Morgan fingerprint density at radius 1 is 1.89 bits per heavy atom. The topological polar surface area (TPSA) is 72.0 Å². The van der Waals surface area contributed by atoms with Crippen LogP contribution in [0.5, 0.6) is 0 Å². The van der Waals surface area contributed by atoms with Crippen LogP contribution < -0.4 is 11.3 Å². The zero-order valence-corrected chi connectivity index (χ0v) is 5.05. The Balaban J connectivity index is 2.98. The van der Waals surface area contributed by atoms with Gasteiger partial charge in [-0.15, -0.1) is 0 Å². The van der Waals surface area contributed by atoms with Crippen LogP contribution >= 0.6 is 0 Å². The lowest BCUT2D eigenvalue weighted by Gasteiger charge is -1.93. The molecule has 3 N–H and O–H groups in total. The average Bonchev–Trinajstić information content (AvgIpc) is 2.14. The van der Waals surface area contributed by atoms with Gasteiger partial charge in [-0.25, -0.2) is 0 Å². The van der Waals surface area contributed by atoms with Gasteiger partial charge in [0.05, 0.1) is 6.04 Å². The first kappa shape index (κ1) is 6.10. The van der Waals surface area contributed by atoms with Gasteiger partial charge in [-0.2, -0.15) is 5.16 Å². The van der Waals surface area contributed by atoms with Gasteiger partial charge in [-0.3, -0.25) is 4.79 Å². The molecule has 0 spiro atoms. The molecule has 1 atom stereocenters. The second-order valence-corrected chi connectivity index (χ2v) is 1.90. The van der Waals surface area contributed by atoms with Gasteiger partial charge in [-0.05, 0) is 6.92 Å². The number of aromatic nitrogens is 1. The van der Waals surface area contributed by atoms with Crippen molar-refractivity contribution in [2.24, 2.45) is 5.73 Å². The highest BCUT2D eigenvalue weighted by Crippen LogP contribution is 2.02. The molecule has 4 nitrogen and oxygen atoms in total. The Morgan fingerprint density at radius 2 is 2.56 bits per heavy atom. The lowest BCUT2D eigenvalue weighted by atomic mass is 10.3. The van der Waals surface area contributed by atoms with Crippen molar-refractivity contribution < 1.29 is 4.52 Å². The highest BCUT2D eigenvalue weighted by Gasteiger charge is 2.02. The smallest absolute Gasteiger partial charge is 0.280 e. The lowest BCUT2D eigenvalue weighted by Crippen LogP contribution is -2.03. The minimum absolute atomic E-state index is 0.219. The zero-order chi connectivity index (χ0) is 6.85. The summed E-state index contributed by atoms with van der Waals surface area (Å²) in [5, 5.41) is 2.14. The fourth-order valence-electron chi connectivity index (χ4n) is 0.522. The SMILES string of the molecule is CC(N)c1cc(=O)[nH]o1. The summed E-state index contributed by atoms with van der Waals surface area (Å²) in [5.74, 6) is 0.486. The van der Waals surface area contributed by atoms with Gasteiger partial charge < -0.3 is 10.3 Å². The van der Waals surface area contributed by atoms with E-state index in [1.54, 1.807) is 6.92 Å². The van der Waals surface area contributed by atoms with E-state index < -0.39 is 0 Å². The standard InChI is InChI=1S/C5H8N2O2/c1-3(6)4-2-5(8)7-9-4/h2-3H,6H2,1H3,(H,7,8). The third kappa shape index (κ3) is 1.20. The van der Waals surface area contributed by atoms with Crippen molar-refractivity contribution in [3.63, 3.8) is 0 Å². The molecule has 0 radical (unpaired) electrons. The first-order valence-electron chi connectivity index (χ1n) is 2.64. The minimum atomic E-state index is -0.248. The molecule has 0 aliphatic heterocycles. The molecule has 1 aromatic rings. The number of nitrogens with one attached hydrogen (secondary N) is 1. The van der Waals surface area contributed by atoms with E-state index in [9.17, 15) is 4.79 Å². The van der Waals surface area contributed by atoms with Crippen LogP contribution in [0.1, 0.15) is 18.7 Å². The summed E-state index contributed by atoms with van der Waals surface area (Å²) in [7, 11) is 0. The normalized spacial score (nSPS) is 13.6. The Labute approximate surface area is 51.6 Å². The monoisotopic (exact) mass is 128 g/mol. The molecule has 0 aromatic carbocycles. The molecule has 0 fully saturated rings. The Morgan fingerprint density at radius 3 is 2.78 bits per heavy atom. The molecule has 0 bridgehead atoms. The van der Waals surface area contributed by atoms with Crippen LogP contribution in [0.25, 0.3) is 0 Å². The molecule has 1 heterocycles. The highest BCUT2D eigenvalue weighted by atomic mass is 16.5. The van der Waals surface area contributed by atoms with Gasteiger partial charge in [0, 0.05) is 6.07 Å². The van der Waals surface area contributed by atoms with E-state index in [0.29, 0.717) is 5.76 Å². The Bertz CT molecular complexity index is 235. The molecular weight excluding hydrogens is 120 g/mol. The summed E-state index contributed by atoms with van der Waals surface area (Å²) in [5.41, 5.74) is 5.13. The summed E-state index contributed by atoms with van der Waals surface area (Å²) >= 11 is 0. The number of hydrogen-bond acceptors (Lipinski definition) is 3. The van der Waals surface area contributed by atoms with E-state index in [1.807, 2.05) is 0 Å². The summed E-state index contributed by atoms with van der Waals surface area (Å²) in [6, 6.07) is 1.12. The van der Waals surface area contributed by atoms with Crippen LogP contribution in [0.2, 0.25) is 0 Å². The van der Waals surface area contributed by atoms with Gasteiger partial charge in [0.15, 0.2) is 5.76 Å². The van der Waals surface area contributed by atoms with Crippen molar-refractivity contribution >= 4 is 0 Å². The quantitative estimate of drug-likeness (QED) is 0.558. The van der Waals surface area contributed by atoms with Gasteiger partial charge in [0.25, 0.3) is 5.56 Å². The molecule has 4 heteroatoms. The maximum atomic E-state index is 10.4. The summed E-state index contributed by atoms with van der Waals surface area (Å²) < 4.78 is 4.66. The molecule has 9 heavy (non-hydrogen) atoms. The van der Waals surface area contributed by atoms with E-state index >= 15 is 0 Å². The molecule has 1 rings (SSSR count). The Kier molecular flexibility index (Phi) is 1.40. The predicted octanol–water partition coefficient (Wildman–Crippen LogP) is -0.0124. The number of aromatic amines is 1. The van der Waals surface area contributed by atoms with Gasteiger partial charge in [0.2, 0.25) is 0 Å². The van der Waals surface area contributed by atoms with Crippen molar-refractivity contribution in [2.45, 2.75) is 13.0 Å². The molecule has 1 unspecified atom stereocenters. The number of rotatable bonds is 1. The summed E-state index contributed by atoms with van der Waals surface area (Å²) in [6.45, 7) is 1.74. The van der Waals surface area contributed by atoms with E-state index in [2.05, 4.69) is 9.68 Å². The lowest BCUT2D eigenvalue weighted by molar-refractivity contribution is 0.363. The second kappa shape index (κ2) is 2.06. The molecule has 0 amide bonds. The fraction of sp³-hybridized carbons (Fsp3) is 0.400. The van der Waals surface area contributed by atoms with Crippen LogP contribution in [0.4, 0.5) is 0 Å². The summed E-state index contributed by atoms with van der Waals surface area (Å²) in [6.07, 6.45) is 0. The molecule has 0 saturated heterocycles. The number of nitrogens with two attached hydrogens (primary N) is 1. The van der Waals surface area contributed by atoms with Gasteiger partial charge >= 0.3 is 0 Å². The van der Waals surface area contributed by atoms with Crippen LogP contribution in [0, 0.1) is 0 Å². The number of H-pyrrole nitrogens is 1. The Hall–Kier alpha value is -1.03. The molecule has 0 aliphatic carbocycles. The van der Waals surface area contributed by atoms with E-state index in [1.165, 1.54) is 6.07 Å². The average molecular weight is 128 g/mol. The van der Waals surface area contributed by atoms with Crippen molar-refractivity contribution in [3.05, 3.63) is 22.2 Å². The molecule has 0 saturated carbocycles.